The normalized spacial score (nSPS) is 14.5. The van der Waals surface area contributed by atoms with E-state index < -0.39 is 11.8 Å². The van der Waals surface area contributed by atoms with E-state index in [0.717, 1.165) is 0 Å². The summed E-state index contributed by atoms with van der Waals surface area (Å²) in [4.78, 5) is 35.1. The molecule has 6 heteroatoms. The van der Waals surface area contributed by atoms with Crippen molar-refractivity contribution in [2.45, 2.75) is 20.8 Å². The Kier molecular flexibility index (Phi) is 3.35. The van der Waals surface area contributed by atoms with Crippen molar-refractivity contribution in [1.82, 2.24) is 10.4 Å². The summed E-state index contributed by atoms with van der Waals surface area (Å²) in [5.41, 5.74) is 0.371. The van der Waals surface area contributed by atoms with Crippen molar-refractivity contribution in [3.05, 3.63) is 34.9 Å². The number of hydrogen-bond acceptors (Lipinski definition) is 4. The molecule has 0 atom stereocenters. The second-order valence-corrected chi connectivity index (χ2v) is 5.93. The second kappa shape index (κ2) is 4.72. The number of nitrogens with one attached hydrogen (secondary N) is 1. The first-order chi connectivity index (χ1) is 9.20. The smallest absolute Gasteiger partial charge is 0.285 e. The van der Waals surface area contributed by atoms with Crippen molar-refractivity contribution in [2.24, 2.45) is 5.41 Å². The number of hydroxylamine groups is 2. The van der Waals surface area contributed by atoms with E-state index in [0.29, 0.717) is 6.54 Å². The van der Waals surface area contributed by atoms with E-state index in [-0.39, 0.29) is 33.1 Å². The molecule has 0 bridgehead atoms. The van der Waals surface area contributed by atoms with Crippen molar-refractivity contribution in [3.8, 4) is 0 Å². The molecule has 0 aliphatic carbocycles. The van der Waals surface area contributed by atoms with Crippen molar-refractivity contribution in [2.75, 3.05) is 6.54 Å². The van der Waals surface area contributed by atoms with Crippen LogP contribution in [-0.4, -0.2) is 34.5 Å². The van der Waals surface area contributed by atoms with Gasteiger partial charge in [0.15, 0.2) is 0 Å². The van der Waals surface area contributed by atoms with Crippen LogP contribution in [0.3, 0.4) is 0 Å². The lowest BCUT2D eigenvalue weighted by atomic mass is 9.96. The molecule has 2 rings (SSSR count). The summed E-state index contributed by atoms with van der Waals surface area (Å²) in [6.45, 7) is 6.45. The van der Waals surface area contributed by atoms with Gasteiger partial charge in [0.1, 0.15) is 0 Å². The van der Waals surface area contributed by atoms with Crippen molar-refractivity contribution in [1.29, 1.82) is 0 Å². The minimum absolute atomic E-state index is 0.0425. The number of benzene rings is 1. The van der Waals surface area contributed by atoms with Crippen LogP contribution in [-0.2, 0) is 0 Å². The average Bonchev–Trinajstić information content (AvgIpc) is 2.60. The first kappa shape index (κ1) is 14.2. The highest BCUT2D eigenvalue weighted by molar-refractivity contribution is 6.21. The number of imide groups is 1. The number of rotatable bonds is 2. The van der Waals surface area contributed by atoms with Crippen LogP contribution in [0.4, 0.5) is 0 Å². The van der Waals surface area contributed by atoms with Crippen molar-refractivity contribution in [3.63, 3.8) is 0 Å². The zero-order chi connectivity index (χ0) is 15.1. The van der Waals surface area contributed by atoms with Gasteiger partial charge in [-0.25, -0.2) is 0 Å². The zero-order valence-corrected chi connectivity index (χ0v) is 11.6. The summed E-state index contributed by atoms with van der Waals surface area (Å²) in [6, 6.07) is 4.16. The fourth-order valence-electron chi connectivity index (χ4n) is 1.82. The largest absolute Gasteiger partial charge is 0.352 e. The number of carbonyl (C=O) groups excluding carboxylic acids is 3. The molecule has 0 unspecified atom stereocenters. The third-order valence-electron chi connectivity index (χ3n) is 2.91. The predicted octanol–water partition coefficient (Wildman–Crippen LogP) is 1.45. The Balaban J connectivity index is 2.23. The molecule has 1 aliphatic rings. The van der Waals surface area contributed by atoms with Crippen LogP contribution in [0.25, 0.3) is 0 Å². The monoisotopic (exact) mass is 276 g/mol. The molecule has 20 heavy (non-hydrogen) atoms. The van der Waals surface area contributed by atoms with Crippen LogP contribution >= 0.6 is 0 Å². The minimum Gasteiger partial charge on any atom is -0.352 e. The molecule has 0 radical (unpaired) electrons. The molecule has 1 heterocycles. The molecule has 1 aromatic rings. The SMILES string of the molecule is CC(C)(C)CNC(=O)c1ccc2c(c1)C(=O)N(O)C2=O. The Morgan fingerprint density at radius 2 is 1.80 bits per heavy atom. The number of hydrogen-bond donors (Lipinski definition) is 2. The van der Waals surface area contributed by atoms with Crippen LogP contribution in [0.5, 0.6) is 0 Å². The van der Waals surface area contributed by atoms with E-state index in [1.165, 1.54) is 18.2 Å². The van der Waals surface area contributed by atoms with Gasteiger partial charge in [-0.2, -0.15) is 0 Å². The van der Waals surface area contributed by atoms with Crippen molar-refractivity contribution >= 4 is 17.7 Å². The zero-order valence-electron chi connectivity index (χ0n) is 11.6. The van der Waals surface area contributed by atoms with Crippen LogP contribution in [0.15, 0.2) is 18.2 Å². The van der Waals surface area contributed by atoms with Gasteiger partial charge in [-0.15, -0.1) is 5.06 Å². The summed E-state index contributed by atoms with van der Waals surface area (Å²) in [5.74, 6) is -1.90. The van der Waals surface area contributed by atoms with Crippen molar-refractivity contribution < 1.29 is 19.6 Å². The summed E-state index contributed by atoms with van der Waals surface area (Å²) < 4.78 is 0. The molecular formula is C14H16N2O4. The highest BCUT2D eigenvalue weighted by Gasteiger charge is 2.35. The van der Waals surface area contributed by atoms with E-state index in [9.17, 15) is 19.6 Å². The maximum atomic E-state index is 12.0. The van der Waals surface area contributed by atoms with Gasteiger partial charge in [-0.05, 0) is 23.6 Å². The molecule has 0 saturated carbocycles. The van der Waals surface area contributed by atoms with Gasteiger partial charge in [0, 0.05) is 12.1 Å². The minimum atomic E-state index is -0.810. The number of nitrogens with zero attached hydrogens (tertiary/aromatic N) is 1. The van der Waals surface area contributed by atoms with Gasteiger partial charge in [-0.1, -0.05) is 20.8 Å². The van der Waals surface area contributed by atoms with Gasteiger partial charge < -0.3 is 5.32 Å². The summed E-state index contributed by atoms with van der Waals surface area (Å²) >= 11 is 0. The fraction of sp³-hybridized carbons (Fsp3) is 0.357. The van der Waals surface area contributed by atoms with Gasteiger partial charge in [0.2, 0.25) is 0 Å². The van der Waals surface area contributed by atoms with E-state index in [1.807, 2.05) is 20.8 Å². The van der Waals surface area contributed by atoms with Crippen LogP contribution < -0.4 is 5.32 Å². The Bertz CT molecular complexity index is 602. The highest BCUT2D eigenvalue weighted by Crippen LogP contribution is 2.22. The van der Waals surface area contributed by atoms with E-state index >= 15 is 0 Å². The van der Waals surface area contributed by atoms with Crippen LogP contribution in [0.2, 0.25) is 0 Å². The molecule has 0 saturated heterocycles. The topological polar surface area (TPSA) is 86.7 Å². The number of fused-ring (bicyclic) bond motifs is 1. The lowest BCUT2D eigenvalue weighted by Gasteiger charge is -2.18. The van der Waals surface area contributed by atoms with E-state index in [4.69, 9.17) is 0 Å². The maximum absolute atomic E-state index is 12.0. The molecule has 6 nitrogen and oxygen atoms in total. The summed E-state index contributed by atoms with van der Waals surface area (Å²) in [7, 11) is 0. The highest BCUT2D eigenvalue weighted by atomic mass is 16.5. The summed E-state index contributed by atoms with van der Waals surface area (Å²) in [5, 5.41) is 12.1. The molecule has 3 amide bonds. The van der Waals surface area contributed by atoms with Gasteiger partial charge in [0.25, 0.3) is 17.7 Å². The quantitative estimate of drug-likeness (QED) is 0.632. The first-order valence-electron chi connectivity index (χ1n) is 6.20. The molecule has 1 aliphatic heterocycles. The standard InChI is InChI=1S/C14H16N2O4/c1-14(2,3)7-15-11(17)8-4-5-9-10(6-8)13(19)16(20)12(9)18/h4-6,20H,7H2,1-3H3,(H,15,17). The molecule has 0 aromatic heterocycles. The molecule has 2 N–H and O–H groups in total. The summed E-state index contributed by atoms with van der Waals surface area (Å²) in [6.07, 6.45) is 0. The Morgan fingerprint density at radius 3 is 2.40 bits per heavy atom. The van der Waals surface area contributed by atoms with E-state index in [1.54, 1.807) is 0 Å². The third-order valence-corrected chi connectivity index (χ3v) is 2.91. The Hall–Kier alpha value is -2.21. The molecular weight excluding hydrogens is 260 g/mol. The lowest BCUT2D eigenvalue weighted by Crippen LogP contribution is -2.32. The van der Waals surface area contributed by atoms with Gasteiger partial charge in [0.05, 0.1) is 11.1 Å². The fourth-order valence-corrected chi connectivity index (χ4v) is 1.82. The molecule has 0 fully saturated rings. The van der Waals surface area contributed by atoms with Crippen LogP contribution in [0, 0.1) is 5.41 Å². The lowest BCUT2D eigenvalue weighted by molar-refractivity contribution is -0.0327. The molecule has 1 aromatic carbocycles. The Labute approximate surface area is 116 Å². The molecule has 106 valence electrons. The number of carbonyl (C=O) groups is 3. The first-order valence-corrected chi connectivity index (χ1v) is 6.20. The maximum Gasteiger partial charge on any atom is 0.285 e. The van der Waals surface area contributed by atoms with E-state index in [2.05, 4.69) is 5.32 Å². The van der Waals surface area contributed by atoms with Crippen LogP contribution in [0.1, 0.15) is 51.8 Å². The Morgan fingerprint density at radius 1 is 1.20 bits per heavy atom. The third kappa shape index (κ3) is 2.55. The van der Waals surface area contributed by atoms with Gasteiger partial charge >= 0.3 is 0 Å². The van der Waals surface area contributed by atoms with Gasteiger partial charge in [-0.3, -0.25) is 19.6 Å². The second-order valence-electron chi connectivity index (χ2n) is 5.93. The number of amides is 3. The predicted molar refractivity (Wildman–Crippen MR) is 70.5 cm³/mol. The molecule has 0 spiro atoms. The average molecular weight is 276 g/mol.